The van der Waals surface area contributed by atoms with Gasteiger partial charge in [-0.15, -0.1) is 0 Å². The Balaban J connectivity index is 1.63. The summed E-state index contributed by atoms with van der Waals surface area (Å²) in [4.78, 5) is 25.6. The SMILES string of the molecule is COC(=O)c1cc(NC(=O)C2(c3ccc(C(F)(F)F)cc3F)CC2)ccc1-c1cnn(C(C)C)c1. The molecule has 1 fully saturated rings. The van der Waals surface area contributed by atoms with Crippen LogP contribution in [0.1, 0.15) is 54.2 Å². The second-order valence-corrected chi connectivity index (χ2v) is 8.78. The number of benzene rings is 2. The van der Waals surface area contributed by atoms with Crippen LogP contribution in [0.25, 0.3) is 11.1 Å². The number of rotatable bonds is 6. The molecule has 35 heavy (non-hydrogen) atoms. The second kappa shape index (κ2) is 8.83. The van der Waals surface area contributed by atoms with Crippen LogP contribution in [0.3, 0.4) is 0 Å². The molecule has 1 aliphatic carbocycles. The molecule has 1 aromatic heterocycles. The van der Waals surface area contributed by atoms with E-state index in [0.29, 0.717) is 17.2 Å². The smallest absolute Gasteiger partial charge is 0.416 e. The zero-order chi connectivity index (χ0) is 25.5. The van der Waals surface area contributed by atoms with Gasteiger partial charge in [-0.2, -0.15) is 18.3 Å². The zero-order valence-corrected chi connectivity index (χ0v) is 19.2. The van der Waals surface area contributed by atoms with E-state index in [1.165, 1.54) is 13.2 Å². The first-order chi connectivity index (χ1) is 16.5. The summed E-state index contributed by atoms with van der Waals surface area (Å²) in [5, 5.41) is 6.96. The number of aromatic nitrogens is 2. The van der Waals surface area contributed by atoms with Crippen LogP contribution in [-0.2, 0) is 21.1 Å². The van der Waals surface area contributed by atoms with E-state index < -0.39 is 34.8 Å². The number of esters is 1. The number of alkyl halides is 3. The molecule has 0 spiro atoms. The van der Waals surface area contributed by atoms with Gasteiger partial charge in [0.05, 0.1) is 29.8 Å². The van der Waals surface area contributed by atoms with Gasteiger partial charge in [0, 0.05) is 29.1 Å². The minimum atomic E-state index is -4.68. The lowest BCUT2D eigenvalue weighted by Gasteiger charge is -2.18. The predicted molar refractivity (Wildman–Crippen MR) is 120 cm³/mol. The fraction of sp³-hybridized carbons (Fsp3) is 0.320. The molecule has 0 radical (unpaired) electrons. The third-order valence-corrected chi connectivity index (χ3v) is 6.12. The first kappa shape index (κ1) is 24.4. The van der Waals surface area contributed by atoms with Crippen LogP contribution in [0, 0.1) is 5.82 Å². The standard InChI is InChI=1S/C25H23F4N3O3/c1-14(2)32-13-15(12-30-32)18-6-5-17(11-19(18)22(33)35-3)31-23(34)24(8-9-24)20-7-4-16(10-21(20)26)25(27,28)29/h4-7,10-14H,8-9H2,1-3H3,(H,31,34). The molecule has 1 saturated carbocycles. The van der Waals surface area contributed by atoms with Crippen LogP contribution in [0.5, 0.6) is 0 Å². The lowest BCUT2D eigenvalue weighted by Crippen LogP contribution is -2.29. The summed E-state index contributed by atoms with van der Waals surface area (Å²) in [6.45, 7) is 3.92. The van der Waals surface area contributed by atoms with Crippen LogP contribution in [0.2, 0.25) is 0 Å². The Morgan fingerprint density at radius 1 is 1.14 bits per heavy atom. The average Bonchev–Trinajstić information content (AvgIpc) is 3.46. The number of halogens is 4. The molecule has 4 rings (SSSR count). The highest BCUT2D eigenvalue weighted by Gasteiger charge is 2.53. The normalized spacial score (nSPS) is 14.6. The van der Waals surface area contributed by atoms with Crippen molar-refractivity contribution in [3.8, 4) is 11.1 Å². The largest absolute Gasteiger partial charge is 0.465 e. The van der Waals surface area contributed by atoms with Gasteiger partial charge in [0.25, 0.3) is 0 Å². The highest BCUT2D eigenvalue weighted by atomic mass is 19.4. The quantitative estimate of drug-likeness (QED) is 0.354. The van der Waals surface area contributed by atoms with Gasteiger partial charge in [-0.1, -0.05) is 12.1 Å². The van der Waals surface area contributed by atoms with Gasteiger partial charge in [-0.3, -0.25) is 9.48 Å². The number of amides is 1. The maximum Gasteiger partial charge on any atom is 0.416 e. The highest BCUT2D eigenvalue weighted by molar-refractivity contribution is 6.04. The number of nitrogens with zero attached hydrogens (tertiary/aromatic N) is 2. The lowest BCUT2D eigenvalue weighted by molar-refractivity contribution is -0.137. The zero-order valence-electron chi connectivity index (χ0n) is 19.2. The van der Waals surface area contributed by atoms with Gasteiger partial charge in [0.15, 0.2) is 0 Å². The number of hydrogen-bond acceptors (Lipinski definition) is 4. The molecule has 1 heterocycles. The van der Waals surface area contributed by atoms with Crippen LogP contribution in [0.4, 0.5) is 23.2 Å². The van der Waals surface area contributed by atoms with Gasteiger partial charge in [-0.05, 0) is 56.5 Å². The summed E-state index contributed by atoms with van der Waals surface area (Å²) >= 11 is 0. The fourth-order valence-corrected chi connectivity index (χ4v) is 3.99. The van der Waals surface area contributed by atoms with E-state index in [1.54, 1.807) is 29.2 Å². The number of hydrogen-bond donors (Lipinski definition) is 1. The van der Waals surface area contributed by atoms with Crippen LogP contribution in [-0.4, -0.2) is 28.8 Å². The molecule has 1 N–H and O–H groups in total. The van der Waals surface area contributed by atoms with Crippen molar-refractivity contribution in [3.63, 3.8) is 0 Å². The maximum absolute atomic E-state index is 14.6. The Labute approximate surface area is 198 Å². The van der Waals surface area contributed by atoms with Gasteiger partial charge in [-0.25, -0.2) is 9.18 Å². The number of carbonyl (C=O) groups is 2. The van der Waals surface area contributed by atoms with Crippen molar-refractivity contribution < 1.29 is 31.9 Å². The molecule has 0 aliphatic heterocycles. The topological polar surface area (TPSA) is 73.2 Å². The summed E-state index contributed by atoms with van der Waals surface area (Å²) < 4.78 is 59.9. The summed E-state index contributed by atoms with van der Waals surface area (Å²) in [5.41, 5.74) is -0.772. The molecule has 0 bridgehead atoms. The number of ether oxygens (including phenoxy) is 1. The van der Waals surface area contributed by atoms with Crippen molar-refractivity contribution in [2.24, 2.45) is 0 Å². The van der Waals surface area contributed by atoms with E-state index in [1.807, 2.05) is 13.8 Å². The van der Waals surface area contributed by atoms with Crippen molar-refractivity contribution in [1.82, 2.24) is 9.78 Å². The third kappa shape index (κ3) is 4.65. The van der Waals surface area contributed by atoms with Crippen molar-refractivity contribution in [3.05, 3.63) is 71.3 Å². The Morgan fingerprint density at radius 2 is 1.86 bits per heavy atom. The highest BCUT2D eigenvalue weighted by Crippen LogP contribution is 2.50. The van der Waals surface area contributed by atoms with Crippen molar-refractivity contribution >= 4 is 17.6 Å². The van der Waals surface area contributed by atoms with Crippen LogP contribution < -0.4 is 5.32 Å². The molecular weight excluding hydrogens is 466 g/mol. The summed E-state index contributed by atoms with van der Waals surface area (Å²) in [6, 6.07) is 6.99. The van der Waals surface area contributed by atoms with Gasteiger partial charge in [0.2, 0.25) is 5.91 Å². The average molecular weight is 489 g/mol. The molecule has 184 valence electrons. The van der Waals surface area contributed by atoms with Crippen molar-refractivity contribution in [1.29, 1.82) is 0 Å². The minimum absolute atomic E-state index is 0.0890. The molecule has 0 unspecified atom stereocenters. The fourth-order valence-electron chi connectivity index (χ4n) is 3.99. The van der Waals surface area contributed by atoms with E-state index in [0.717, 1.165) is 12.1 Å². The van der Waals surface area contributed by atoms with Gasteiger partial charge >= 0.3 is 12.1 Å². The van der Waals surface area contributed by atoms with E-state index in [4.69, 9.17) is 4.74 Å². The molecule has 3 aromatic rings. The Bertz CT molecular complexity index is 1290. The first-order valence-electron chi connectivity index (χ1n) is 10.9. The third-order valence-electron chi connectivity index (χ3n) is 6.12. The molecular formula is C25H23F4N3O3. The van der Waals surface area contributed by atoms with E-state index >= 15 is 0 Å². The summed E-state index contributed by atoms with van der Waals surface area (Å²) in [7, 11) is 1.24. The summed E-state index contributed by atoms with van der Waals surface area (Å²) in [6.07, 6.45) is -0.700. The predicted octanol–water partition coefficient (Wildman–Crippen LogP) is 5.75. The first-order valence-corrected chi connectivity index (χ1v) is 10.9. The van der Waals surface area contributed by atoms with E-state index in [2.05, 4.69) is 10.4 Å². The number of methoxy groups -OCH3 is 1. The molecule has 2 aromatic carbocycles. The Hall–Kier alpha value is -3.69. The Kier molecular flexibility index (Phi) is 6.16. The second-order valence-electron chi connectivity index (χ2n) is 8.78. The number of nitrogens with one attached hydrogen (secondary N) is 1. The molecule has 0 atom stereocenters. The lowest BCUT2D eigenvalue weighted by atomic mass is 9.93. The van der Waals surface area contributed by atoms with Gasteiger partial charge in [0.1, 0.15) is 5.82 Å². The van der Waals surface area contributed by atoms with E-state index in [-0.39, 0.29) is 35.7 Å². The van der Waals surface area contributed by atoms with Crippen LogP contribution in [0.15, 0.2) is 48.8 Å². The molecule has 1 amide bonds. The maximum atomic E-state index is 14.6. The molecule has 6 nitrogen and oxygen atoms in total. The number of anilines is 1. The molecule has 0 saturated heterocycles. The van der Waals surface area contributed by atoms with Gasteiger partial charge < -0.3 is 10.1 Å². The number of carbonyl (C=O) groups excluding carboxylic acids is 2. The molecule has 10 heteroatoms. The van der Waals surface area contributed by atoms with Crippen LogP contribution >= 0.6 is 0 Å². The summed E-state index contributed by atoms with van der Waals surface area (Å²) in [5.74, 6) is -2.27. The van der Waals surface area contributed by atoms with Crippen molar-refractivity contribution in [2.75, 3.05) is 12.4 Å². The van der Waals surface area contributed by atoms with E-state index in [9.17, 15) is 27.2 Å². The molecule has 1 aliphatic rings. The van der Waals surface area contributed by atoms with Crippen molar-refractivity contribution in [2.45, 2.75) is 44.3 Å². The monoisotopic (exact) mass is 489 g/mol. The minimum Gasteiger partial charge on any atom is -0.465 e. The Morgan fingerprint density at radius 3 is 2.40 bits per heavy atom.